The van der Waals surface area contributed by atoms with E-state index < -0.39 is 0 Å². The molecule has 0 radical (unpaired) electrons. The minimum Gasteiger partial charge on any atom is -0.325 e. The van der Waals surface area contributed by atoms with Gasteiger partial charge in [-0.05, 0) is 26.0 Å². The molecule has 58 valence electrons. The van der Waals surface area contributed by atoms with Gasteiger partial charge in [-0.2, -0.15) is 0 Å². The Morgan fingerprint density at radius 2 is 2.09 bits per heavy atom. The molecule has 1 aliphatic heterocycles. The molecule has 0 aromatic rings. The summed E-state index contributed by atoms with van der Waals surface area (Å²) >= 11 is 0. The number of rotatable bonds is 1. The van der Waals surface area contributed by atoms with Crippen molar-refractivity contribution < 1.29 is 0 Å². The van der Waals surface area contributed by atoms with Crippen molar-refractivity contribution in [3.8, 4) is 0 Å². The van der Waals surface area contributed by atoms with Crippen molar-refractivity contribution in [1.82, 2.24) is 4.90 Å². The number of allylic oxidation sites excluding steroid dienone is 5. The van der Waals surface area contributed by atoms with Gasteiger partial charge in [0, 0.05) is 18.1 Å². The van der Waals surface area contributed by atoms with Crippen molar-refractivity contribution >= 4 is 0 Å². The van der Waals surface area contributed by atoms with Crippen LogP contribution in [0.15, 0.2) is 48.5 Å². The first-order valence-corrected chi connectivity index (χ1v) is 3.81. The van der Waals surface area contributed by atoms with E-state index in [2.05, 4.69) is 17.1 Å². The summed E-state index contributed by atoms with van der Waals surface area (Å²) in [7, 11) is 0. The van der Waals surface area contributed by atoms with Gasteiger partial charge in [-0.1, -0.05) is 18.2 Å². The fraction of sp³-hybridized carbons (Fsp3) is 0.200. The van der Waals surface area contributed by atoms with Crippen LogP contribution in [0.1, 0.15) is 13.8 Å². The van der Waals surface area contributed by atoms with Gasteiger partial charge in [-0.3, -0.25) is 0 Å². The molecule has 0 spiro atoms. The molecule has 0 aromatic carbocycles. The lowest BCUT2D eigenvalue weighted by Crippen LogP contribution is -2.08. The molecule has 0 amide bonds. The van der Waals surface area contributed by atoms with Crippen LogP contribution >= 0.6 is 0 Å². The maximum Gasteiger partial charge on any atom is 0.0406 e. The van der Waals surface area contributed by atoms with Crippen LogP contribution in [0.2, 0.25) is 0 Å². The maximum absolute atomic E-state index is 2.08. The van der Waals surface area contributed by atoms with Gasteiger partial charge in [0.15, 0.2) is 0 Å². The van der Waals surface area contributed by atoms with Crippen LogP contribution in [0.3, 0.4) is 0 Å². The average molecular weight is 147 g/mol. The molecular formula is C10H13N. The molecule has 1 nitrogen and oxygen atoms in total. The summed E-state index contributed by atoms with van der Waals surface area (Å²) in [6.07, 6.45) is 14.3. The summed E-state index contributed by atoms with van der Waals surface area (Å²) in [5, 5.41) is 0. The van der Waals surface area contributed by atoms with E-state index in [9.17, 15) is 0 Å². The van der Waals surface area contributed by atoms with Crippen LogP contribution in [0.4, 0.5) is 0 Å². The van der Waals surface area contributed by atoms with E-state index in [4.69, 9.17) is 0 Å². The first-order valence-electron chi connectivity index (χ1n) is 3.81. The van der Waals surface area contributed by atoms with Crippen LogP contribution in [0.5, 0.6) is 0 Å². The summed E-state index contributed by atoms with van der Waals surface area (Å²) in [5.74, 6) is 0. The Hall–Kier alpha value is -1.24. The highest BCUT2D eigenvalue weighted by molar-refractivity contribution is 5.29. The molecule has 1 heteroatoms. The number of hydrogen-bond donors (Lipinski definition) is 0. The topological polar surface area (TPSA) is 3.24 Å². The SMILES string of the molecule is C/C=C\N1C=CC=C/C1=C/C. The predicted octanol–water partition coefficient (Wildman–Crippen LogP) is 2.81. The maximum atomic E-state index is 2.08. The van der Waals surface area contributed by atoms with Crippen molar-refractivity contribution in [1.29, 1.82) is 0 Å². The van der Waals surface area contributed by atoms with Crippen molar-refractivity contribution in [2.24, 2.45) is 0 Å². The molecule has 0 saturated carbocycles. The van der Waals surface area contributed by atoms with Crippen molar-refractivity contribution in [3.05, 3.63) is 48.5 Å². The minimum absolute atomic E-state index is 1.21. The second-order valence-corrected chi connectivity index (χ2v) is 2.30. The Bertz CT molecular complexity index is 231. The largest absolute Gasteiger partial charge is 0.325 e. The van der Waals surface area contributed by atoms with Crippen LogP contribution in [-0.4, -0.2) is 4.90 Å². The van der Waals surface area contributed by atoms with Gasteiger partial charge in [0.2, 0.25) is 0 Å². The van der Waals surface area contributed by atoms with Gasteiger partial charge in [0.05, 0.1) is 0 Å². The van der Waals surface area contributed by atoms with E-state index in [-0.39, 0.29) is 0 Å². The zero-order valence-corrected chi connectivity index (χ0v) is 6.99. The van der Waals surface area contributed by atoms with Gasteiger partial charge >= 0.3 is 0 Å². The average Bonchev–Trinajstić information content (AvgIpc) is 2.06. The smallest absolute Gasteiger partial charge is 0.0406 e. The zero-order valence-electron chi connectivity index (χ0n) is 6.99. The highest BCUT2D eigenvalue weighted by atomic mass is 15.1. The fourth-order valence-corrected chi connectivity index (χ4v) is 1.01. The lowest BCUT2D eigenvalue weighted by molar-refractivity contribution is 0.643. The Labute approximate surface area is 68.0 Å². The fourth-order valence-electron chi connectivity index (χ4n) is 1.01. The molecule has 0 unspecified atom stereocenters. The Morgan fingerprint density at radius 3 is 2.73 bits per heavy atom. The third-order valence-electron chi connectivity index (χ3n) is 1.53. The van der Waals surface area contributed by atoms with Gasteiger partial charge in [0.25, 0.3) is 0 Å². The van der Waals surface area contributed by atoms with Crippen LogP contribution in [0.25, 0.3) is 0 Å². The zero-order chi connectivity index (χ0) is 8.10. The molecule has 1 aliphatic rings. The van der Waals surface area contributed by atoms with E-state index in [0.717, 1.165) is 0 Å². The molecule has 1 rings (SSSR count). The van der Waals surface area contributed by atoms with E-state index in [1.54, 1.807) is 0 Å². The molecule has 0 aliphatic carbocycles. The Morgan fingerprint density at radius 1 is 1.27 bits per heavy atom. The second kappa shape index (κ2) is 3.81. The molecule has 0 aromatic heterocycles. The summed E-state index contributed by atoms with van der Waals surface area (Å²) in [5.41, 5.74) is 1.21. The molecule has 0 saturated heterocycles. The first-order chi connectivity index (χ1) is 5.38. The molecule has 0 atom stereocenters. The van der Waals surface area contributed by atoms with E-state index >= 15 is 0 Å². The van der Waals surface area contributed by atoms with Crippen molar-refractivity contribution in [2.45, 2.75) is 13.8 Å². The highest BCUT2D eigenvalue weighted by Gasteiger charge is 1.99. The van der Waals surface area contributed by atoms with Gasteiger partial charge < -0.3 is 4.90 Å². The Kier molecular flexibility index (Phi) is 2.73. The summed E-state index contributed by atoms with van der Waals surface area (Å²) in [6, 6.07) is 0. The molecule has 0 bridgehead atoms. The third-order valence-corrected chi connectivity index (χ3v) is 1.53. The summed E-state index contributed by atoms with van der Waals surface area (Å²) in [4.78, 5) is 2.08. The lowest BCUT2D eigenvalue weighted by Gasteiger charge is -2.18. The van der Waals surface area contributed by atoms with E-state index in [1.807, 2.05) is 44.5 Å². The molecule has 11 heavy (non-hydrogen) atoms. The standard InChI is InChI=1S/C10H13N/c1-3-8-11-9-6-5-7-10(11)4-2/h3-9H,1-2H3/b8-3-,10-4-. The van der Waals surface area contributed by atoms with Crippen LogP contribution < -0.4 is 0 Å². The lowest BCUT2D eigenvalue weighted by atomic mass is 10.3. The minimum atomic E-state index is 1.21. The van der Waals surface area contributed by atoms with Crippen molar-refractivity contribution in [3.63, 3.8) is 0 Å². The molecule has 0 N–H and O–H groups in total. The molecule has 0 fully saturated rings. The normalized spacial score (nSPS) is 20.5. The number of nitrogens with zero attached hydrogens (tertiary/aromatic N) is 1. The highest BCUT2D eigenvalue weighted by Crippen LogP contribution is 2.11. The summed E-state index contributed by atoms with van der Waals surface area (Å²) in [6.45, 7) is 4.05. The second-order valence-electron chi connectivity index (χ2n) is 2.30. The molecule has 1 heterocycles. The monoisotopic (exact) mass is 147 g/mol. The molecular weight excluding hydrogens is 134 g/mol. The number of hydrogen-bond acceptors (Lipinski definition) is 1. The van der Waals surface area contributed by atoms with Gasteiger partial charge in [-0.25, -0.2) is 0 Å². The van der Waals surface area contributed by atoms with Crippen LogP contribution in [-0.2, 0) is 0 Å². The van der Waals surface area contributed by atoms with E-state index in [0.29, 0.717) is 0 Å². The Balaban J connectivity index is 2.79. The van der Waals surface area contributed by atoms with Crippen molar-refractivity contribution in [2.75, 3.05) is 0 Å². The van der Waals surface area contributed by atoms with E-state index in [1.165, 1.54) is 5.70 Å². The first kappa shape index (κ1) is 7.86. The predicted molar refractivity (Wildman–Crippen MR) is 48.7 cm³/mol. The van der Waals surface area contributed by atoms with Crippen LogP contribution in [0, 0.1) is 0 Å². The quantitative estimate of drug-likeness (QED) is 0.551. The summed E-state index contributed by atoms with van der Waals surface area (Å²) < 4.78 is 0. The van der Waals surface area contributed by atoms with Gasteiger partial charge in [0.1, 0.15) is 0 Å². The third kappa shape index (κ3) is 1.84. The van der Waals surface area contributed by atoms with Gasteiger partial charge in [-0.15, -0.1) is 0 Å².